The van der Waals surface area contributed by atoms with Crippen LogP contribution in [0.1, 0.15) is 17.5 Å². The average Bonchev–Trinajstić information content (AvgIpc) is 3.25. The minimum Gasteiger partial charge on any atom is -0.490 e. The number of rotatable bonds is 5. The molecule has 1 heterocycles. The monoisotopic (exact) mass is 402 g/mol. The van der Waals surface area contributed by atoms with Gasteiger partial charge in [-0.3, -0.25) is 9.69 Å². The van der Waals surface area contributed by atoms with E-state index in [1.165, 1.54) is 0 Å². The molecule has 1 fully saturated rings. The van der Waals surface area contributed by atoms with Gasteiger partial charge in [0, 0.05) is 5.39 Å². The van der Waals surface area contributed by atoms with E-state index in [9.17, 15) is 14.7 Å². The third-order valence-electron chi connectivity index (χ3n) is 6.00. The number of ether oxygens (including phenoxy) is 1. The standard InChI is InChI=1S/C24H22N2O4/c27-18(15-30-21-11-5-8-16-6-1-3-9-19(16)21)14-26-22(28)24(25-23(26)29)13-12-17-7-2-4-10-20(17)24/h1-11,18,27H,12-15H2,(H,25,29)/t18-,24+/m0/s1. The Kier molecular flexibility index (Phi) is 4.44. The first-order valence-corrected chi connectivity index (χ1v) is 10.1. The van der Waals surface area contributed by atoms with Crippen molar-refractivity contribution in [3.8, 4) is 5.75 Å². The lowest BCUT2D eigenvalue weighted by molar-refractivity contribution is -0.132. The average molecular weight is 402 g/mol. The van der Waals surface area contributed by atoms with Gasteiger partial charge >= 0.3 is 6.03 Å². The highest BCUT2D eigenvalue weighted by molar-refractivity contribution is 6.08. The summed E-state index contributed by atoms with van der Waals surface area (Å²) in [4.78, 5) is 26.9. The SMILES string of the molecule is O=C1N[C@@]2(CCc3ccccc32)C(=O)N1C[C@H](O)COc1cccc2ccccc12. The van der Waals surface area contributed by atoms with Crippen LogP contribution in [-0.2, 0) is 16.8 Å². The van der Waals surface area contributed by atoms with Crippen LogP contribution in [0.15, 0.2) is 66.7 Å². The molecule has 6 heteroatoms. The molecule has 0 saturated carbocycles. The van der Waals surface area contributed by atoms with Gasteiger partial charge in [-0.15, -0.1) is 0 Å². The second-order valence-corrected chi connectivity index (χ2v) is 7.85. The number of hydrogen-bond acceptors (Lipinski definition) is 4. The molecule has 0 unspecified atom stereocenters. The van der Waals surface area contributed by atoms with Crippen LogP contribution in [0.3, 0.4) is 0 Å². The van der Waals surface area contributed by atoms with E-state index in [1.807, 2.05) is 66.7 Å². The lowest BCUT2D eigenvalue weighted by atomic mass is 9.92. The highest BCUT2D eigenvalue weighted by atomic mass is 16.5. The molecule has 30 heavy (non-hydrogen) atoms. The molecule has 0 radical (unpaired) electrons. The molecule has 3 aromatic rings. The predicted molar refractivity (Wildman–Crippen MR) is 112 cm³/mol. The van der Waals surface area contributed by atoms with Crippen LogP contribution in [0, 0.1) is 0 Å². The van der Waals surface area contributed by atoms with Gasteiger partial charge in [0.2, 0.25) is 0 Å². The maximum absolute atomic E-state index is 13.2. The second kappa shape index (κ2) is 7.15. The van der Waals surface area contributed by atoms with Crippen molar-refractivity contribution in [2.24, 2.45) is 0 Å². The van der Waals surface area contributed by atoms with E-state index >= 15 is 0 Å². The lowest BCUT2D eigenvalue weighted by Crippen LogP contribution is -2.43. The fraction of sp³-hybridized carbons (Fsp3) is 0.250. The summed E-state index contributed by atoms with van der Waals surface area (Å²) in [6.07, 6.45) is 0.282. The van der Waals surface area contributed by atoms with Crippen LogP contribution in [0.5, 0.6) is 5.75 Å². The third-order valence-corrected chi connectivity index (χ3v) is 6.00. The number of carbonyl (C=O) groups excluding carboxylic acids is 2. The Morgan fingerprint density at radius 1 is 1.03 bits per heavy atom. The predicted octanol–water partition coefficient (Wildman–Crippen LogP) is 2.97. The minimum absolute atomic E-state index is 0.0192. The van der Waals surface area contributed by atoms with Gasteiger partial charge in [-0.05, 0) is 35.4 Å². The number of aliphatic hydroxyl groups is 1. The van der Waals surface area contributed by atoms with E-state index < -0.39 is 17.7 Å². The highest BCUT2D eigenvalue weighted by Crippen LogP contribution is 2.41. The zero-order valence-electron chi connectivity index (χ0n) is 16.4. The Balaban J connectivity index is 1.29. The summed E-state index contributed by atoms with van der Waals surface area (Å²) in [5, 5.41) is 15.4. The van der Waals surface area contributed by atoms with Gasteiger partial charge in [0.05, 0.1) is 6.54 Å². The van der Waals surface area contributed by atoms with Gasteiger partial charge in [-0.2, -0.15) is 0 Å². The van der Waals surface area contributed by atoms with Gasteiger partial charge in [0.25, 0.3) is 5.91 Å². The normalized spacial score (nSPS) is 21.2. The van der Waals surface area contributed by atoms with Crippen molar-refractivity contribution in [3.05, 3.63) is 77.9 Å². The second-order valence-electron chi connectivity index (χ2n) is 7.85. The van der Waals surface area contributed by atoms with E-state index in [0.29, 0.717) is 12.2 Å². The van der Waals surface area contributed by atoms with E-state index in [1.54, 1.807) is 0 Å². The number of carbonyl (C=O) groups is 2. The molecule has 2 N–H and O–H groups in total. The van der Waals surface area contributed by atoms with Crippen molar-refractivity contribution in [3.63, 3.8) is 0 Å². The number of aryl methyl sites for hydroxylation is 1. The number of nitrogens with zero attached hydrogens (tertiary/aromatic N) is 1. The van der Waals surface area contributed by atoms with Crippen LogP contribution in [0.2, 0.25) is 0 Å². The van der Waals surface area contributed by atoms with Crippen LogP contribution in [0.25, 0.3) is 10.8 Å². The number of hydrogen-bond donors (Lipinski definition) is 2. The summed E-state index contributed by atoms with van der Waals surface area (Å²) < 4.78 is 5.82. The Hall–Kier alpha value is -3.38. The molecule has 0 bridgehead atoms. The van der Waals surface area contributed by atoms with Gasteiger partial charge in [-0.25, -0.2) is 4.79 Å². The lowest BCUT2D eigenvalue weighted by Gasteiger charge is -2.23. The summed E-state index contributed by atoms with van der Waals surface area (Å²) in [5.74, 6) is 0.354. The molecule has 3 amide bonds. The van der Waals surface area contributed by atoms with E-state index in [4.69, 9.17) is 4.74 Å². The van der Waals surface area contributed by atoms with Crippen LogP contribution in [0.4, 0.5) is 4.79 Å². The number of fused-ring (bicyclic) bond motifs is 3. The molecule has 1 spiro atoms. The van der Waals surface area contributed by atoms with Crippen molar-refractivity contribution in [1.82, 2.24) is 10.2 Å². The number of nitrogens with one attached hydrogen (secondary N) is 1. The molecule has 152 valence electrons. The van der Waals surface area contributed by atoms with Crippen molar-refractivity contribution in [2.45, 2.75) is 24.5 Å². The first kappa shape index (κ1) is 18.6. The molecule has 2 aliphatic rings. The molecule has 5 rings (SSSR count). The van der Waals surface area contributed by atoms with E-state index in [2.05, 4.69) is 5.32 Å². The van der Waals surface area contributed by atoms with Crippen LogP contribution >= 0.6 is 0 Å². The van der Waals surface area contributed by atoms with Crippen LogP contribution in [-0.4, -0.2) is 41.2 Å². The molecule has 6 nitrogen and oxygen atoms in total. The van der Waals surface area contributed by atoms with Crippen molar-refractivity contribution < 1.29 is 19.4 Å². The van der Waals surface area contributed by atoms with E-state index in [-0.39, 0.29) is 19.1 Å². The zero-order valence-corrected chi connectivity index (χ0v) is 16.4. The minimum atomic E-state index is -1.01. The van der Waals surface area contributed by atoms with Crippen molar-refractivity contribution >= 4 is 22.7 Å². The van der Waals surface area contributed by atoms with Crippen LogP contribution < -0.4 is 10.1 Å². The Morgan fingerprint density at radius 2 is 1.80 bits per heavy atom. The Bertz CT molecular complexity index is 1140. The van der Waals surface area contributed by atoms with Gasteiger partial charge in [0.1, 0.15) is 24.0 Å². The molecule has 0 aromatic heterocycles. The summed E-state index contributed by atoms with van der Waals surface area (Å²) >= 11 is 0. The van der Waals surface area contributed by atoms with E-state index in [0.717, 1.165) is 33.2 Å². The smallest absolute Gasteiger partial charge is 0.325 e. The molecule has 2 atom stereocenters. The number of benzene rings is 3. The van der Waals surface area contributed by atoms with Gasteiger partial charge in [-0.1, -0.05) is 60.7 Å². The summed E-state index contributed by atoms with van der Waals surface area (Å²) in [6.45, 7) is -0.131. The third kappa shape index (κ3) is 2.92. The Labute approximate surface area is 174 Å². The zero-order chi connectivity index (χ0) is 20.7. The number of aliphatic hydroxyl groups excluding tert-OH is 1. The topological polar surface area (TPSA) is 78.9 Å². The highest BCUT2D eigenvalue weighted by Gasteiger charge is 2.55. The summed E-state index contributed by atoms with van der Waals surface area (Å²) in [6, 6.07) is 20.8. The van der Waals surface area contributed by atoms with Crippen molar-refractivity contribution in [1.29, 1.82) is 0 Å². The quantitative estimate of drug-likeness (QED) is 0.643. The molecule has 1 aliphatic carbocycles. The summed E-state index contributed by atoms with van der Waals surface area (Å²) in [5.41, 5.74) is 0.921. The number of imide groups is 1. The maximum atomic E-state index is 13.2. The molecule has 3 aromatic carbocycles. The number of amides is 3. The first-order valence-electron chi connectivity index (χ1n) is 10.1. The number of urea groups is 1. The number of β-amino-alcohol motifs (C(OH)–C–C–N with tert-alkyl or cyclic N) is 1. The fourth-order valence-electron chi connectivity index (χ4n) is 4.53. The summed E-state index contributed by atoms with van der Waals surface area (Å²) in [7, 11) is 0. The fourth-order valence-corrected chi connectivity index (χ4v) is 4.53. The maximum Gasteiger partial charge on any atom is 0.325 e. The molecule has 1 aliphatic heterocycles. The largest absolute Gasteiger partial charge is 0.490 e. The molecular formula is C24H22N2O4. The van der Waals surface area contributed by atoms with Gasteiger partial charge < -0.3 is 15.2 Å². The van der Waals surface area contributed by atoms with Crippen molar-refractivity contribution in [2.75, 3.05) is 13.2 Å². The molecular weight excluding hydrogens is 380 g/mol. The first-order chi connectivity index (χ1) is 14.6. The Morgan fingerprint density at radius 3 is 2.70 bits per heavy atom. The molecule has 1 saturated heterocycles. The van der Waals surface area contributed by atoms with Gasteiger partial charge in [0.15, 0.2) is 0 Å².